The minimum atomic E-state index is -1.10. The molecule has 0 N–H and O–H groups in total. The molecule has 8 heteroatoms. The Balaban J connectivity index is 3.88. The summed E-state index contributed by atoms with van der Waals surface area (Å²) in [5.41, 5.74) is 0. The van der Waals surface area contributed by atoms with Crippen LogP contribution in [0.5, 0.6) is 0 Å². The Hall–Kier alpha value is -2.38. The molecule has 88 valence electrons. The molecule has 0 aliphatic heterocycles. The van der Waals surface area contributed by atoms with Crippen molar-refractivity contribution in [2.24, 2.45) is 0 Å². The lowest BCUT2D eigenvalue weighted by molar-refractivity contribution is -0.254. The first-order valence-electron chi connectivity index (χ1n) is 3.88. The van der Waals surface area contributed by atoms with E-state index in [1.807, 2.05) is 0 Å². The van der Waals surface area contributed by atoms with Gasteiger partial charge < -0.3 is 0 Å². The zero-order valence-corrected chi connectivity index (χ0v) is 8.42. The van der Waals surface area contributed by atoms with Crippen LogP contribution in [0.15, 0.2) is 12.2 Å². The van der Waals surface area contributed by atoms with Crippen LogP contribution < -0.4 is 0 Å². The molecule has 0 aromatic carbocycles. The molecule has 0 atom stereocenters. The van der Waals surface area contributed by atoms with E-state index in [1.54, 1.807) is 0 Å². The van der Waals surface area contributed by atoms with Gasteiger partial charge in [-0.3, -0.25) is 0 Å². The third kappa shape index (κ3) is 8.23. The van der Waals surface area contributed by atoms with Gasteiger partial charge in [-0.25, -0.2) is 38.7 Å². The highest BCUT2D eigenvalue weighted by atomic mass is 17.2. The van der Waals surface area contributed by atoms with Crippen molar-refractivity contribution in [1.29, 1.82) is 0 Å². The highest BCUT2D eigenvalue weighted by Crippen LogP contribution is 1.88. The van der Waals surface area contributed by atoms with Gasteiger partial charge in [-0.1, -0.05) is 0 Å². The van der Waals surface area contributed by atoms with Gasteiger partial charge in [0.25, 0.3) is 0 Å². The van der Waals surface area contributed by atoms with Crippen molar-refractivity contribution in [2.75, 3.05) is 0 Å². The molecule has 0 saturated heterocycles. The van der Waals surface area contributed by atoms with Crippen LogP contribution >= 0.6 is 0 Å². The predicted octanol–water partition coefficient (Wildman–Crippen LogP) is -0.415. The predicted molar refractivity (Wildman–Crippen MR) is 44.9 cm³/mol. The van der Waals surface area contributed by atoms with Gasteiger partial charge in [-0.05, 0) is 0 Å². The number of hydrogen-bond acceptors (Lipinski definition) is 8. The lowest BCUT2D eigenvalue weighted by atomic mass is 10.5. The fraction of sp³-hybridized carbons (Fsp3) is 0.250. The van der Waals surface area contributed by atoms with E-state index in [-0.39, 0.29) is 0 Å². The first-order valence-corrected chi connectivity index (χ1v) is 3.88. The summed E-state index contributed by atoms with van der Waals surface area (Å²) in [7, 11) is 0. The highest BCUT2D eigenvalue weighted by molar-refractivity contribution is 5.91. The van der Waals surface area contributed by atoms with Crippen LogP contribution in [0.1, 0.15) is 13.8 Å². The molecule has 0 aliphatic rings. The van der Waals surface area contributed by atoms with Crippen LogP contribution in [-0.4, -0.2) is 23.9 Å². The Bertz CT molecular complexity index is 297. The summed E-state index contributed by atoms with van der Waals surface area (Å²) < 4.78 is 0. The summed E-state index contributed by atoms with van der Waals surface area (Å²) in [6, 6.07) is 0. The standard InChI is InChI=1S/C8H8O8/c1-5(9)13-15-7(11)3-4-8(12)16-14-6(2)10/h3-4H,1-2H3/b4-3+. The van der Waals surface area contributed by atoms with Gasteiger partial charge in [-0.15, -0.1) is 0 Å². The van der Waals surface area contributed by atoms with E-state index >= 15 is 0 Å². The fourth-order valence-corrected chi connectivity index (χ4v) is 0.391. The van der Waals surface area contributed by atoms with Gasteiger partial charge in [0.2, 0.25) is 0 Å². The molecule has 0 aromatic heterocycles. The quantitative estimate of drug-likeness (QED) is 0.359. The monoisotopic (exact) mass is 232 g/mol. The maximum atomic E-state index is 10.7. The van der Waals surface area contributed by atoms with Crippen molar-refractivity contribution in [2.45, 2.75) is 13.8 Å². The van der Waals surface area contributed by atoms with Crippen LogP contribution in [0.4, 0.5) is 0 Å². The molecule has 0 fully saturated rings. The average Bonchev–Trinajstić information content (AvgIpc) is 2.20. The molecule has 0 rings (SSSR count). The van der Waals surface area contributed by atoms with Crippen molar-refractivity contribution < 1.29 is 38.7 Å². The largest absolute Gasteiger partial charge is 0.379 e. The SMILES string of the molecule is CC(=O)OOC(=O)/C=C/C(=O)OOC(C)=O. The summed E-state index contributed by atoms with van der Waals surface area (Å²) in [4.78, 5) is 57.3. The zero-order chi connectivity index (χ0) is 12.6. The lowest BCUT2D eigenvalue weighted by Gasteiger charge is -1.96. The molecule has 0 radical (unpaired) electrons. The van der Waals surface area contributed by atoms with Gasteiger partial charge in [-0.2, -0.15) is 0 Å². The van der Waals surface area contributed by atoms with Crippen molar-refractivity contribution >= 4 is 23.9 Å². The van der Waals surface area contributed by atoms with Crippen molar-refractivity contribution in [3.05, 3.63) is 12.2 Å². The first kappa shape index (κ1) is 13.6. The molecule has 0 heterocycles. The Morgan fingerprint density at radius 1 is 0.688 bits per heavy atom. The van der Waals surface area contributed by atoms with Crippen molar-refractivity contribution in [1.82, 2.24) is 0 Å². The van der Waals surface area contributed by atoms with E-state index in [2.05, 4.69) is 19.6 Å². The fourth-order valence-electron chi connectivity index (χ4n) is 0.391. The molecule has 0 aliphatic carbocycles. The van der Waals surface area contributed by atoms with Crippen LogP contribution in [0.3, 0.4) is 0 Å². The first-order chi connectivity index (χ1) is 7.41. The average molecular weight is 232 g/mol. The molecule has 0 spiro atoms. The maximum Gasteiger partial charge on any atom is 0.379 e. The number of rotatable bonds is 2. The number of hydrogen-bond donors (Lipinski definition) is 0. The van der Waals surface area contributed by atoms with Crippen molar-refractivity contribution in [3.8, 4) is 0 Å². The minimum absolute atomic E-state index is 0.620. The molecular formula is C8H8O8. The summed E-state index contributed by atoms with van der Waals surface area (Å²) in [5, 5.41) is 0. The van der Waals surface area contributed by atoms with E-state index in [0.717, 1.165) is 13.8 Å². The normalized spacial score (nSPS) is 9.38. The molecule has 0 unspecified atom stereocenters. The summed E-state index contributed by atoms with van der Waals surface area (Å²) in [5.74, 6) is -3.86. The summed E-state index contributed by atoms with van der Waals surface area (Å²) in [6.45, 7) is 2.04. The maximum absolute atomic E-state index is 10.7. The smallest absolute Gasteiger partial charge is 0.248 e. The van der Waals surface area contributed by atoms with E-state index in [9.17, 15) is 19.2 Å². The van der Waals surface area contributed by atoms with Crippen LogP contribution in [-0.2, 0) is 38.7 Å². The van der Waals surface area contributed by atoms with Gasteiger partial charge in [0.1, 0.15) is 0 Å². The van der Waals surface area contributed by atoms with Crippen LogP contribution in [0.2, 0.25) is 0 Å². The topological polar surface area (TPSA) is 105 Å². The Kier molecular flexibility index (Phi) is 5.95. The number of carbonyl (C=O) groups excluding carboxylic acids is 4. The van der Waals surface area contributed by atoms with E-state index in [1.165, 1.54) is 0 Å². The molecular weight excluding hydrogens is 224 g/mol. The molecule has 0 bridgehead atoms. The van der Waals surface area contributed by atoms with Gasteiger partial charge >= 0.3 is 23.9 Å². The third-order valence-electron chi connectivity index (χ3n) is 0.838. The van der Waals surface area contributed by atoms with E-state index < -0.39 is 23.9 Å². The number of carbonyl (C=O) groups is 4. The minimum Gasteiger partial charge on any atom is -0.248 e. The molecule has 8 nitrogen and oxygen atoms in total. The van der Waals surface area contributed by atoms with Crippen LogP contribution in [0.25, 0.3) is 0 Å². The van der Waals surface area contributed by atoms with Crippen LogP contribution in [0, 0.1) is 0 Å². The molecule has 16 heavy (non-hydrogen) atoms. The molecule has 0 aromatic rings. The zero-order valence-electron chi connectivity index (χ0n) is 8.42. The second-order valence-corrected chi connectivity index (χ2v) is 2.29. The summed E-state index contributed by atoms with van der Waals surface area (Å²) >= 11 is 0. The van der Waals surface area contributed by atoms with Gasteiger partial charge in [0.05, 0.1) is 0 Å². The molecule has 0 amide bonds. The third-order valence-corrected chi connectivity index (χ3v) is 0.838. The second kappa shape index (κ2) is 6.98. The van der Waals surface area contributed by atoms with E-state index in [0.29, 0.717) is 12.2 Å². The highest BCUT2D eigenvalue weighted by Gasteiger charge is 2.05. The Morgan fingerprint density at radius 2 is 1.00 bits per heavy atom. The molecule has 0 saturated carbocycles. The van der Waals surface area contributed by atoms with E-state index in [4.69, 9.17) is 0 Å². The Labute approximate surface area is 89.6 Å². The Morgan fingerprint density at radius 3 is 1.25 bits per heavy atom. The van der Waals surface area contributed by atoms with Gasteiger partial charge in [0, 0.05) is 26.0 Å². The summed E-state index contributed by atoms with van der Waals surface area (Å²) in [6.07, 6.45) is 1.24. The lowest BCUT2D eigenvalue weighted by Crippen LogP contribution is -2.08. The van der Waals surface area contributed by atoms with Crippen molar-refractivity contribution in [3.63, 3.8) is 0 Å². The second-order valence-electron chi connectivity index (χ2n) is 2.29. The van der Waals surface area contributed by atoms with Gasteiger partial charge in [0.15, 0.2) is 0 Å².